The van der Waals surface area contributed by atoms with Gasteiger partial charge in [0.1, 0.15) is 11.5 Å². The Labute approximate surface area is 402 Å². The summed E-state index contributed by atoms with van der Waals surface area (Å²) in [6, 6.07) is 78.5. The summed E-state index contributed by atoms with van der Waals surface area (Å²) in [6.45, 7) is 0. The zero-order chi connectivity index (χ0) is 45.5. The highest BCUT2D eigenvalue weighted by Gasteiger charge is 2.51. The summed E-state index contributed by atoms with van der Waals surface area (Å²) in [4.78, 5) is 26.0. The lowest BCUT2D eigenvalue weighted by molar-refractivity contribution is 0.436. The van der Waals surface area contributed by atoms with E-state index in [0.29, 0.717) is 23.3 Å². The summed E-state index contributed by atoms with van der Waals surface area (Å²) in [5, 5.41) is 1.14. The van der Waals surface area contributed by atoms with Crippen LogP contribution in [0.2, 0.25) is 0 Å². The highest BCUT2D eigenvalue weighted by atomic mass is 32.1. The number of thiophene rings is 1. The van der Waals surface area contributed by atoms with E-state index in [4.69, 9.17) is 29.7 Å². The standard InChI is InChI=1S/C62H37N5OS/c1-4-17-38(18-5-1)55-57-56(46-25-10-15-30-54(46)69-57)64-60(63-55)43-24-16-23-41(35-43)42-32-34-48-47(36-42)45-33-31-44(37-51(45)62(48)49-26-11-13-28-52(49)68-53-29-14-12-27-50(53)62)61-66-58(39-19-6-2-7-20-39)65-59(67-61)40-21-8-3-9-22-40/h1-37H. The van der Waals surface area contributed by atoms with Crippen LogP contribution in [0.25, 0.3) is 99.4 Å². The zero-order valence-electron chi connectivity index (χ0n) is 36.9. The quantitative estimate of drug-likeness (QED) is 0.166. The van der Waals surface area contributed by atoms with E-state index in [1.54, 1.807) is 11.3 Å². The molecule has 0 radical (unpaired) electrons. The lowest BCUT2D eigenvalue weighted by Crippen LogP contribution is -2.32. The molecule has 0 saturated carbocycles. The van der Waals surface area contributed by atoms with E-state index in [1.807, 2.05) is 66.7 Å². The number of rotatable bonds is 6. The van der Waals surface area contributed by atoms with Gasteiger partial charge in [0, 0.05) is 49.0 Å². The number of fused-ring (bicyclic) bond motifs is 12. The first-order valence-electron chi connectivity index (χ1n) is 23.1. The molecule has 1 spiro atoms. The van der Waals surface area contributed by atoms with Gasteiger partial charge in [0.15, 0.2) is 23.3 Å². The lowest BCUT2D eigenvalue weighted by Gasteiger charge is -2.39. The fraction of sp³-hybridized carbons (Fsp3) is 0.0161. The maximum Gasteiger partial charge on any atom is 0.164 e. The van der Waals surface area contributed by atoms with Gasteiger partial charge in [0.2, 0.25) is 0 Å². The molecule has 0 bridgehead atoms. The van der Waals surface area contributed by atoms with Crippen LogP contribution in [0, 0.1) is 0 Å². The molecule has 14 rings (SSSR count). The Hall–Kier alpha value is -8.91. The van der Waals surface area contributed by atoms with Crippen LogP contribution in [0.3, 0.4) is 0 Å². The van der Waals surface area contributed by atoms with Crippen molar-refractivity contribution in [2.24, 2.45) is 0 Å². The third-order valence-corrected chi connectivity index (χ3v) is 14.8. The second kappa shape index (κ2) is 15.6. The maximum absolute atomic E-state index is 6.72. The molecule has 0 N–H and O–H groups in total. The molecular formula is C62H37N5OS. The molecule has 0 fully saturated rings. The summed E-state index contributed by atoms with van der Waals surface area (Å²) in [5.41, 5.74) is 15.0. The number of hydrogen-bond donors (Lipinski definition) is 0. The molecule has 69 heavy (non-hydrogen) atoms. The van der Waals surface area contributed by atoms with E-state index >= 15 is 0 Å². The van der Waals surface area contributed by atoms with Crippen molar-refractivity contribution in [2.45, 2.75) is 5.41 Å². The van der Waals surface area contributed by atoms with Crippen LogP contribution in [0.4, 0.5) is 0 Å². The Bertz CT molecular complexity index is 3900. The maximum atomic E-state index is 6.72. The minimum absolute atomic E-state index is 0.606. The van der Waals surface area contributed by atoms with Crippen LogP contribution < -0.4 is 4.74 Å². The van der Waals surface area contributed by atoms with Crippen LogP contribution in [0.15, 0.2) is 224 Å². The van der Waals surface area contributed by atoms with Crippen LogP contribution in [0.1, 0.15) is 22.3 Å². The summed E-state index contributed by atoms with van der Waals surface area (Å²) in [5.74, 6) is 4.22. The number of aromatic nitrogens is 5. The lowest BCUT2D eigenvalue weighted by atomic mass is 9.66. The van der Waals surface area contributed by atoms with Crippen molar-refractivity contribution in [3.8, 4) is 90.6 Å². The van der Waals surface area contributed by atoms with Crippen molar-refractivity contribution >= 4 is 31.6 Å². The molecule has 9 aromatic carbocycles. The molecule has 2 aliphatic rings. The topological polar surface area (TPSA) is 73.7 Å². The monoisotopic (exact) mass is 899 g/mol. The highest BCUT2D eigenvalue weighted by Crippen LogP contribution is 2.62. The third kappa shape index (κ3) is 6.21. The fourth-order valence-electron chi connectivity index (χ4n) is 10.5. The van der Waals surface area contributed by atoms with E-state index < -0.39 is 5.41 Å². The van der Waals surface area contributed by atoms with Crippen LogP contribution in [0.5, 0.6) is 11.5 Å². The largest absolute Gasteiger partial charge is 0.457 e. The van der Waals surface area contributed by atoms with Crippen molar-refractivity contribution in [1.82, 2.24) is 24.9 Å². The van der Waals surface area contributed by atoms with Crippen LogP contribution >= 0.6 is 11.3 Å². The molecule has 1 aliphatic carbocycles. The van der Waals surface area contributed by atoms with Gasteiger partial charge in [-0.25, -0.2) is 24.9 Å². The third-order valence-electron chi connectivity index (χ3n) is 13.6. The molecule has 322 valence electrons. The second-order valence-corrected chi connectivity index (χ2v) is 18.6. The van der Waals surface area contributed by atoms with Gasteiger partial charge < -0.3 is 4.74 Å². The van der Waals surface area contributed by atoms with E-state index in [0.717, 1.165) is 99.6 Å². The Morgan fingerprint density at radius 2 is 0.855 bits per heavy atom. The van der Waals surface area contributed by atoms with Crippen molar-refractivity contribution < 1.29 is 4.74 Å². The normalized spacial score (nSPS) is 12.9. The molecule has 7 heteroatoms. The number of ether oxygens (including phenoxy) is 1. The summed E-state index contributed by atoms with van der Waals surface area (Å²) < 4.78 is 9.02. The molecule has 3 aromatic heterocycles. The van der Waals surface area contributed by atoms with E-state index in [-0.39, 0.29) is 0 Å². The molecule has 12 aromatic rings. The molecule has 4 heterocycles. The molecular weight excluding hydrogens is 863 g/mol. The van der Waals surface area contributed by atoms with Crippen LogP contribution in [-0.2, 0) is 5.41 Å². The van der Waals surface area contributed by atoms with Crippen molar-refractivity contribution in [3.05, 3.63) is 247 Å². The van der Waals surface area contributed by atoms with E-state index in [9.17, 15) is 0 Å². The van der Waals surface area contributed by atoms with Gasteiger partial charge in [-0.1, -0.05) is 188 Å². The number of hydrogen-bond acceptors (Lipinski definition) is 7. The Morgan fingerprint density at radius 1 is 0.333 bits per heavy atom. The molecule has 6 nitrogen and oxygen atoms in total. The first kappa shape index (κ1) is 39.3. The predicted molar refractivity (Wildman–Crippen MR) is 278 cm³/mol. The molecule has 0 unspecified atom stereocenters. The average molecular weight is 900 g/mol. The van der Waals surface area contributed by atoms with Crippen molar-refractivity contribution in [3.63, 3.8) is 0 Å². The second-order valence-electron chi connectivity index (χ2n) is 17.5. The smallest absolute Gasteiger partial charge is 0.164 e. The van der Waals surface area contributed by atoms with Gasteiger partial charge in [-0.05, 0) is 69.8 Å². The Balaban J connectivity index is 0.962. The van der Waals surface area contributed by atoms with E-state index in [1.165, 1.54) is 10.3 Å². The molecule has 0 saturated heterocycles. The SMILES string of the molecule is c1ccc(-c2nc(-c3ccccc3)nc(-c3ccc4c(c3)C3(c5ccccc5Oc5ccccc53)c3ccc(-c5cccc(-c6nc(-c7ccccc7)c7sc8ccccc8c7n6)c5)cc3-4)n2)cc1. The van der Waals surface area contributed by atoms with Gasteiger partial charge >= 0.3 is 0 Å². The predicted octanol–water partition coefficient (Wildman–Crippen LogP) is 15.5. The minimum atomic E-state index is -0.704. The van der Waals surface area contributed by atoms with Gasteiger partial charge in [-0.2, -0.15) is 0 Å². The molecule has 0 amide bonds. The summed E-state index contributed by atoms with van der Waals surface area (Å²) >= 11 is 1.75. The highest BCUT2D eigenvalue weighted by molar-refractivity contribution is 7.26. The molecule has 1 aliphatic heterocycles. The Kier molecular flexibility index (Phi) is 8.87. The first-order chi connectivity index (χ1) is 34.2. The average Bonchev–Trinajstić information content (AvgIpc) is 3.94. The number of nitrogens with zero attached hydrogens (tertiary/aromatic N) is 5. The first-order valence-corrected chi connectivity index (χ1v) is 23.9. The van der Waals surface area contributed by atoms with Crippen LogP contribution in [-0.4, -0.2) is 24.9 Å². The number of benzene rings is 9. The summed E-state index contributed by atoms with van der Waals surface area (Å²) in [6.07, 6.45) is 0. The number of para-hydroxylation sites is 2. The van der Waals surface area contributed by atoms with Gasteiger partial charge in [0.05, 0.1) is 21.3 Å². The van der Waals surface area contributed by atoms with Gasteiger partial charge in [0.25, 0.3) is 0 Å². The van der Waals surface area contributed by atoms with Crippen molar-refractivity contribution in [2.75, 3.05) is 0 Å². The fourth-order valence-corrected chi connectivity index (χ4v) is 11.7. The van der Waals surface area contributed by atoms with Gasteiger partial charge in [-0.15, -0.1) is 11.3 Å². The minimum Gasteiger partial charge on any atom is -0.457 e. The van der Waals surface area contributed by atoms with Crippen molar-refractivity contribution in [1.29, 1.82) is 0 Å². The van der Waals surface area contributed by atoms with E-state index in [2.05, 4.69) is 158 Å². The molecule has 0 atom stereocenters. The van der Waals surface area contributed by atoms with Gasteiger partial charge in [-0.3, -0.25) is 0 Å². The Morgan fingerprint density at radius 3 is 1.55 bits per heavy atom. The zero-order valence-corrected chi connectivity index (χ0v) is 37.7. The summed E-state index contributed by atoms with van der Waals surface area (Å²) in [7, 11) is 0.